The first-order valence-corrected chi connectivity index (χ1v) is 9.93. The Balaban J connectivity index is 3.89. The molecule has 0 atom stereocenters. The van der Waals surface area contributed by atoms with Crippen LogP contribution in [0.1, 0.15) is 80.1 Å². The maximum absolute atomic E-state index is 11.5. The van der Waals surface area contributed by atoms with Crippen LogP contribution in [0.15, 0.2) is 0 Å². The molecule has 0 aromatic heterocycles. The average Bonchev–Trinajstić information content (AvgIpc) is 2.52. The zero-order valence-electron chi connectivity index (χ0n) is 17.7. The van der Waals surface area contributed by atoms with Gasteiger partial charge in [0.25, 0.3) is 0 Å². The summed E-state index contributed by atoms with van der Waals surface area (Å²) in [6.07, 6.45) is 4.39. The number of amides is 2. The molecule has 0 saturated carbocycles. The van der Waals surface area contributed by atoms with Crippen LogP contribution in [-0.4, -0.2) is 49.3 Å². The van der Waals surface area contributed by atoms with E-state index in [9.17, 15) is 9.59 Å². The van der Waals surface area contributed by atoms with E-state index in [-0.39, 0.29) is 23.0 Å². The normalized spacial score (nSPS) is 12.1. The highest BCUT2D eigenvalue weighted by Gasteiger charge is 2.21. The molecule has 0 aliphatic carbocycles. The van der Waals surface area contributed by atoms with Gasteiger partial charge in [0.2, 0.25) is 11.8 Å². The van der Waals surface area contributed by atoms with Crippen molar-refractivity contribution in [3.8, 4) is 0 Å². The number of rotatable bonds is 15. The monoisotopic (exact) mass is 372 g/mol. The molecular formula is C20H40N2O4. The third-order valence-corrected chi connectivity index (χ3v) is 4.12. The van der Waals surface area contributed by atoms with E-state index in [1.807, 2.05) is 41.5 Å². The highest BCUT2D eigenvalue weighted by atomic mass is 16.5. The predicted octanol–water partition coefficient (Wildman–Crippen LogP) is 3.19. The van der Waals surface area contributed by atoms with Gasteiger partial charge in [0.15, 0.2) is 0 Å². The van der Waals surface area contributed by atoms with Crippen molar-refractivity contribution in [3.63, 3.8) is 0 Å². The molecule has 0 aliphatic heterocycles. The standard InChI is InChI=1S/C20H40N2O4/c1-7-9-17(23)21-13-11-19(3,4)25-15-16-26-20(5,6)12-14-22-18(24)10-8-2/h7-16H2,1-6H3,(H,21,23)(H,22,24). The van der Waals surface area contributed by atoms with Crippen molar-refractivity contribution in [2.75, 3.05) is 26.3 Å². The third kappa shape index (κ3) is 14.1. The Kier molecular flexibility index (Phi) is 12.5. The fourth-order valence-electron chi connectivity index (χ4n) is 2.42. The van der Waals surface area contributed by atoms with Crippen LogP contribution in [0.4, 0.5) is 0 Å². The van der Waals surface area contributed by atoms with Gasteiger partial charge in [-0.2, -0.15) is 0 Å². The Hall–Kier alpha value is -1.14. The summed E-state index contributed by atoms with van der Waals surface area (Å²) in [6.45, 7) is 14.3. The fraction of sp³-hybridized carbons (Fsp3) is 0.900. The predicted molar refractivity (Wildman–Crippen MR) is 105 cm³/mol. The summed E-state index contributed by atoms with van der Waals surface area (Å²) in [5.41, 5.74) is -0.609. The first-order valence-electron chi connectivity index (χ1n) is 9.93. The second-order valence-corrected chi connectivity index (χ2v) is 7.92. The van der Waals surface area contributed by atoms with Gasteiger partial charge < -0.3 is 20.1 Å². The molecule has 2 N–H and O–H groups in total. The van der Waals surface area contributed by atoms with E-state index < -0.39 is 0 Å². The first kappa shape index (κ1) is 24.9. The maximum Gasteiger partial charge on any atom is 0.219 e. The van der Waals surface area contributed by atoms with E-state index in [0.29, 0.717) is 39.1 Å². The SMILES string of the molecule is CCCC(=O)NCCC(C)(C)OCCOC(C)(C)CCNC(=O)CCC. The molecule has 0 spiro atoms. The summed E-state index contributed by atoms with van der Waals surface area (Å²) in [6, 6.07) is 0. The minimum atomic E-state index is -0.304. The second-order valence-electron chi connectivity index (χ2n) is 7.92. The largest absolute Gasteiger partial charge is 0.373 e. The molecule has 6 nitrogen and oxygen atoms in total. The van der Waals surface area contributed by atoms with Gasteiger partial charge in [0.1, 0.15) is 0 Å². The lowest BCUT2D eigenvalue weighted by atomic mass is 10.0. The van der Waals surface area contributed by atoms with E-state index >= 15 is 0 Å². The fourth-order valence-corrected chi connectivity index (χ4v) is 2.42. The van der Waals surface area contributed by atoms with Crippen LogP contribution in [0.25, 0.3) is 0 Å². The van der Waals surface area contributed by atoms with E-state index in [0.717, 1.165) is 25.7 Å². The number of hydrogen-bond acceptors (Lipinski definition) is 4. The molecule has 26 heavy (non-hydrogen) atoms. The van der Waals surface area contributed by atoms with Crippen molar-refractivity contribution in [2.45, 2.75) is 91.3 Å². The minimum absolute atomic E-state index is 0.0967. The molecule has 0 unspecified atom stereocenters. The van der Waals surface area contributed by atoms with Crippen LogP contribution in [0.3, 0.4) is 0 Å². The Labute approximate surface area is 159 Å². The number of carbonyl (C=O) groups is 2. The summed E-state index contributed by atoms with van der Waals surface area (Å²) in [4.78, 5) is 22.9. The molecule has 0 heterocycles. The Morgan fingerprint density at radius 2 is 1.08 bits per heavy atom. The Morgan fingerprint density at radius 1 is 0.731 bits per heavy atom. The van der Waals surface area contributed by atoms with E-state index in [1.165, 1.54) is 0 Å². The van der Waals surface area contributed by atoms with Gasteiger partial charge in [-0.1, -0.05) is 13.8 Å². The maximum atomic E-state index is 11.5. The molecular weight excluding hydrogens is 332 g/mol. The van der Waals surface area contributed by atoms with Gasteiger partial charge in [-0.3, -0.25) is 9.59 Å². The highest BCUT2D eigenvalue weighted by molar-refractivity contribution is 5.76. The van der Waals surface area contributed by atoms with Crippen molar-refractivity contribution >= 4 is 11.8 Å². The lowest BCUT2D eigenvalue weighted by molar-refractivity contribution is -0.122. The molecule has 0 saturated heterocycles. The molecule has 6 heteroatoms. The van der Waals surface area contributed by atoms with E-state index in [1.54, 1.807) is 0 Å². The Morgan fingerprint density at radius 3 is 1.38 bits per heavy atom. The van der Waals surface area contributed by atoms with Crippen molar-refractivity contribution in [3.05, 3.63) is 0 Å². The average molecular weight is 373 g/mol. The van der Waals surface area contributed by atoms with Gasteiger partial charge in [-0.05, 0) is 53.4 Å². The van der Waals surface area contributed by atoms with E-state index in [4.69, 9.17) is 9.47 Å². The molecule has 0 fully saturated rings. The molecule has 0 aliphatic rings. The molecule has 0 rings (SSSR count). The smallest absolute Gasteiger partial charge is 0.219 e. The number of hydrogen-bond donors (Lipinski definition) is 2. The lowest BCUT2D eigenvalue weighted by Gasteiger charge is -2.28. The van der Waals surface area contributed by atoms with Gasteiger partial charge >= 0.3 is 0 Å². The van der Waals surface area contributed by atoms with Crippen LogP contribution in [-0.2, 0) is 19.1 Å². The molecule has 154 valence electrons. The molecule has 0 aromatic rings. The van der Waals surface area contributed by atoms with Crippen molar-refractivity contribution in [1.29, 1.82) is 0 Å². The van der Waals surface area contributed by atoms with Gasteiger partial charge in [-0.15, -0.1) is 0 Å². The van der Waals surface area contributed by atoms with Gasteiger partial charge in [-0.25, -0.2) is 0 Å². The van der Waals surface area contributed by atoms with Crippen molar-refractivity contribution in [2.24, 2.45) is 0 Å². The molecule has 2 amide bonds. The summed E-state index contributed by atoms with van der Waals surface area (Å²) in [5, 5.41) is 5.82. The minimum Gasteiger partial charge on any atom is -0.373 e. The molecule has 0 bridgehead atoms. The number of carbonyl (C=O) groups excluding carboxylic acids is 2. The van der Waals surface area contributed by atoms with Crippen LogP contribution >= 0.6 is 0 Å². The quantitative estimate of drug-likeness (QED) is 0.433. The number of nitrogens with one attached hydrogen (secondary N) is 2. The zero-order chi connectivity index (χ0) is 20.1. The van der Waals surface area contributed by atoms with Crippen molar-refractivity contribution < 1.29 is 19.1 Å². The summed E-state index contributed by atoms with van der Waals surface area (Å²) in [7, 11) is 0. The van der Waals surface area contributed by atoms with Gasteiger partial charge in [0, 0.05) is 25.9 Å². The summed E-state index contributed by atoms with van der Waals surface area (Å²) in [5.74, 6) is 0.193. The van der Waals surface area contributed by atoms with Crippen LogP contribution < -0.4 is 10.6 Å². The summed E-state index contributed by atoms with van der Waals surface area (Å²) < 4.78 is 11.8. The van der Waals surface area contributed by atoms with Crippen LogP contribution in [0, 0.1) is 0 Å². The van der Waals surface area contributed by atoms with Gasteiger partial charge in [0.05, 0.1) is 24.4 Å². The van der Waals surface area contributed by atoms with Crippen LogP contribution in [0.2, 0.25) is 0 Å². The Bertz CT molecular complexity index is 371. The third-order valence-electron chi connectivity index (χ3n) is 4.12. The second kappa shape index (κ2) is 13.1. The topological polar surface area (TPSA) is 76.7 Å². The van der Waals surface area contributed by atoms with E-state index in [2.05, 4.69) is 10.6 Å². The lowest BCUT2D eigenvalue weighted by Crippen LogP contribution is -2.35. The zero-order valence-corrected chi connectivity index (χ0v) is 17.7. The molecule has 0 aromatic carbocycles. The first-order chi connectivity index (χ1) is 12.1. The summed E-state index contributed by atoms with van der Waals surface area (Å²) >= 11 is 0. The van der Waals surface area contributed by atoms with Crippen LogP contribution in [0.5, 0.6) is 0 Å². The van der Waals surface area contributed by atoms with Crippen molar-refractivity contribution in [1.82, 2.24) is 10.6 Å². The molecule has 0 radical (unpaired) electrons. The highest BCUT2D eigenvalue weighted by Crippen LogP contribution is 2.16. The number of ether oxygens (including phenoxy) is 2.